The standard InChI is InChI=1S/C17H18BrN3O3/c1-24-12-5-6-14(18)13(10-12)17(23)19-7-8-21-16(22)9-11-3-2-4-15(11)20-21/h5-6,9-10H,2-4,7-8H2,1H3,(H,19,23). The van der Waals surface area contributed by atoms with Crippen LogP contribution in [0.4, 0.5) is 0 Å². The fourth-order valence-electron chi connectivity index (χ4n) is 2.78. The quantitative estimate of drug-likeness (QED) is 0.844. The lowest BCUT2D eigenvalue weighted by Gasteiger charge is -2.10. The first-order valence-corrected chi connectivity index (χ1v) is 8.59. The van der Waals surface area contributed by atoms with E-state index in [0.717, 1.165) is 30.5 Å². The van der Waals surface area contributed by atoms with E-state index in [-0.39, 0.29) is 11.5 Å². The maximum Gasteiger partial charge on any atom is 0.267 e. The van der Waals surface area contributed by atoms with Crippen molar-refractivity contribution >= 4 is 21.8 Å². The molecule has 0 atom stereocenters. The third-order valence-corrected chi connectivity index (χ3v) is 4.74. The summed E-state index contributed by atoms with van der Waals surface area (Å²) in [5, 5.41) is 7.20. The smallest absolute Gasteiger partial charge is 0.267 e. The van der Waals surface area contributed by atoms with Crippen LogP contribution in [0.15, 0.2) is 33.5 Å². The van der Waals surface area contributed by atoms with Crippen LogP contribution in [0.25, 0.3) is 0 Å². The molecule has 0 unspecified atom stereocenters. The Bertz CT molecular complexity index is 832. The maximum absolute atomic E-state index is 12.3. The number of amides is 1. The lowest BCUT2D eigenvalue weighted by atomic mass is 10.2. The van der Waals surface area contributed by atoms with Gasteiger partial charge in [0.05, 0.1) is 24.9 Å². The number of hydrogen-bond donors (Lipinski definition) is 1. The van der Waals surface area contributed by atoms with Crippen LogP contribution in [0.1, 0.15) is 28.0 Å². The lowest BCUT2D eigenvalue weighted by molar-refractivity contribution is 0.0950. The molecule has 24 heavy (non-hydrogen) atoms. The summed E-state index contributed by atoms with van der Waals surface area (Å²) in [6.45, 7) is 0.674. The number of ether oxygens (including phenoxy) is 1. The minimum Gasteiger partial charge on any atom is -0.497 e. The summed E-state index contributed by atoms with van der Waals surface area (Å²) in [5.74, 6) is 0.384. The number of aryl methyl sites for hydroxylation is 2. The van der Waals surface area contributed by atoms with Crippen molar-refractivity contribution < 1.29 is 9.53 Å². The Balaban J connectivity index is 1.65. The van der Waals surface area contributed by atoms with Gasteiger partial charge in [-0.3, -0.25) is 9.59 Å². The third-order valence-electron chi connectivity index (χ3n) is 4.05. The van der Waals surface area contributed by atoms with Crippen molar-refractivity contribution in [3.63, 3.8) is 0 Å². The average molecular weight is 392 g/mol. The van der Waals surface area contributed by atoms with Gasteiger partial charge in [-0.05, 0) is 59.0 Å². The van der Waals surface area contributed by atoms with E-state index in [1.165, 1.54) is 4.68 Å². The summed E-state index contributed by atoms with van der Waals surface area (Å²) < 4.78 is 7.25. The topological polar surface area (TPSA) is 73.2 Å². The van der Waals surface area contributed by atoms with Gasteiger partial charge < -0.3 is 10.1 Å². The number of nitrogens with one attached hydrogen (secondary N) is 1. The van der Waals surface area contributed by atoms with Gasteiger partial charge >= 0.3 is 0 Å². The number of carbonyl (C=O) groups is 1. The van der Waals surface area contributed by atoms with Crippen molar-refractivity contribution in [1.82, 2.24) is 15.1 Å². The highest BCUT2D eigenvalue weighted by Gasteiger charge is 2.15. The SMILES string of the molecule is COc1ccc(Br)c(C(=O)NCCn2nc3c(cc2=O)CCC3)c1. The summed E-state index contributed by atoms with van der Waals surface area (Å²) in [6.07, 6.45) is 2.89. The Morgan fingerprint density at radius 3 is 3.00 bits per heavy atom. The summed E-state index contributed by atoms with van der Waals surface area (Å²) in [6, 6.07) is 6.87. The van der Waals surface area contributed by atoms with Gasteiger partial charge in [0.25, 0.3) is 11.5 Å². The summed E-state index contributed by atoms with van der Waals surface area (Å²) in [5.41, 5.74) is 2.42. The van der Waals surface area contributed by atoms with Crippen molar-refractivity contribution in [2.24, 2.45) is 0 Å². The van der Waals surface area contributed by atoms with E-state index in [1.807, 2.05) is 0 Å². The zero-order valence-corrected chi connectivity index (χ0v) is 14.9. The molecule has 1 aromatic heterocycles. The van der Waals surface area contributed by atoms with Crippen LogP contribution in [-0.2, 0) is 19.4 Å². The lowest BCUT2D eigenvalue weighted by Crippen LogP contribution is -2.32. The molecule has 0 aliphatic heterocycles. The Kier molecular flexibility index (Phi) is 4.99. The highest BCUT2D eigenvalue weighted by molar-refractivity contribution is 9.10. The molecular weight excluding hydrogens is 374 g/mol. The molecule has 1 aliphatic rings. The monoisotopic (exact) mass is 391 g/mol. The van der Waals surface area contributed by atoms with Gasteiger partial charge in [0.15, 0.2) is 0 Å². The number of aromatic nitrogens is 2. The molecule has 0 spiro atoms. The Hall–Kier alpha value is -2.15. The first kappa shape index (κ1) is 16.7. The Morgan fingerprint density at radius 2 is 2.21 bits per heavy atom. The van der Waals surface area contributed by atoms with Gasteiger partial charge in [-0.1, -0.05) is 0 Å². The molecule has 1 heterocycles. The number of halogens is 1. The average Bonchev–Trinajstić information content (AvgIpc) is 3.02. The highest BCUT2D eigenvalue weighted by atomic mass is 79.9. The zero-order chi connectivity index (χ0) is 17.1. The largest absolute Gasteiger partial charge is 0.497 e. The first-order chi connectivity index (χ1) is 11.6. The molecule has 1 aliphatic carbocycles. The van der Waals surface area contributed by atoms with E-state index in [4.69, 9.17) is 4.74 Å². The second-order valence-corrected chi connectivity index (χ2v) is 6.49. The molecule has 6 nitrogen and oxygen atoms in total. The second kappa shape index (κ2) is 7.17. The van der Waals surface area contributed by atoms with Crippen LogP contribution >= 0.6 is 15.9 Å². The van der Waals surface area contributed by atoms with E-state index in [1.54, 1.807) is 31.4 Å². The number of hydrogen-bond acceptors (Lipinski definition) is 4. The van der Waals surface area contributed by atoms with E-state index >= 15 is 0 Å². The minimum absolute atomic E-state index is 0.118. The summed E-state index contributed by atoms with van der Waals surface area (Å²) in [7, 11) is 1.55. The van der Waals surface area contributed by atoms with Crippen LogP contribution in [0, 0.1) is 0 Å². The van der Waals surface area contributed by atoms with Crippen molar-refractivity contribution in [2.45, 2.75) is 25.8 Å². The summed E-state index contributed by atoms with van der Waals surface area (Å²) >= 11 is 3.36. The molecule has 0 saturated heterocycles. The van der Waals surface area contributed by atoms with Crippen LogP contribution in [0.3, 0.4) is 0 Å². The molecule has 0 radical (unpaired) electrons. The Morgan fingerprint density at radius 1 is 1.38 bits per heavy atom. The predicted octanol–water partition coefficient (Wildman–Crippen LogP) is 1.93. The molecule has 1 amide bonds. The number of methoxy groups -OCH3 is 1. The highest BCUT2D eigenvalue weighted by Crippen LogP contribution is 2.22. The van der Waals surface area contributed by atoms with Crippen molar-refractivity contribution in [2.75, 3.05) is 13.7 Å². The van der Waals surface area contributed by atoms with Crippen LogP contribution in [0.2, 0.25) is 0 Å². The van der Waals surface area contributed by atoms with Gasteiger partial charge in [0, 0.05) is 17.1 Å². The van der Waals surface area contributed by atoms with E-state index < -0.39 is 0 Å². The molecule has 1 N–H and O–H groups in total. The molecule has 0 saturated carbocycles. The fraction of sp³-hybridized carbons (Fsp3) is 0.353. The number of rotatable bonds is 5. The molecule has 126 valence electrons. The van der Waals surface area contributed by atoms with Gasteiger partial charge in [-0.15, -0.1) is 0 Å². The molecule has 1 aromatic carbocycles. The van der Waals surface area contributed by atoms with Crippen LogP contribution < -0.4 is 15.6 Å². The normalized spacial score (nSPS) is 12.8. The van der Waals surface area contributed by atoms with Crippen LogP contribution in [-0.4, -0.2) is 29.3 Å². The van der Waals surface area contributed by atoms with Crippen molar-refractivity contribution in [3.8, 4) is 5.75 Å². The number of carbonyl (C=O) groups excluding carboxylic acids is 1. The molecule has 0 fully saturated rings. The zero-order valence-electron chi connectivity index (χ0n) is 13.3. The summed E-state index contributed by atoms with van der Waals surface area (Å²) in [4.78, 5) is 24.3. The van der Waals surface area contributed by atoms with Gasteiger partial charge in [-0.25, -0.2) is 4.68 Å². The first-order valence-electron chi connectivity index (χ1n) is 7.80. The van der Waals surface area contributed by atoms with Crippen molar-refractivity contribution in [1.29, 1.82) is 0 Å². The molecule has 0 bridgehead atoms. The van der Waals surface area contributed by atoms with Crippen LogP contribution in [0.5, 0.6) is 5.75 Å². The fourth-order valence-corrected chi connectivity index (χ4v) is 3.20. The van der Waals surface area contributed by atoms with Gasteiger partial charge in [-0.2, -0.15) is 5.10 Å². The van der Waals surface area contributed by atoms with E-state index in [9.17, 15) is 9.59 Å². The molecule has 2 aromatic rings. The molecule has 3 rings (SSSR count). The minimum atomic E-state index is -0.227. The van der Waals surface area contributed by atoms with E-state index in [0.29, 0.717) is 28.9 Å². The Labute approximate surface area is 148 Å². The molecular formula is C17H18BrN3O3. The third kappa shape index (κ3) is 3.51. The van der Waals surface area contributed by atoms with Crippen molar-refractivity contribution in [3.05, 3.63) is 55.9 Å². The predicted molar refractivity (Wildman–Crippen MR) is 93.5 cm³/mol. The number of benzene rings is 1. The number of fused-ring (bicyclic) bond motifs is 1. The van der Waals surface area contributed by atoms with Gasteiger partial charge in [0.1, 0.15) is 5.75 Å². The van der Waals surface area contributed by atoms with E-state index in [2.05, 4.69) is 26.3 Å². The second-order valence-electron chi connectivity index (χ2n) is 5.63. The molecule has 7 heteroatoms. The van der Waals surface area contributed by atoms with Gasteiger partial charge in [0.2, 0.25) is 0 Å². The maximum atomic E-state index is 12.3. The number of nitrogens with zero attached hydrogens (tertiary/aromatic N) is 2.